The first-order valence-corrected chi connectivity index (χ1v) is 9.05. The van der Waals surface area contributed by atoms with Crippen LogP contribution in [0.15, 0.2) is 64.0 Å². The molecule has 7 heteroatoms. The molecule has 0 bridgehead atoms. The Morgan fingerprint density at radius 3 is 2.73 bits per heavy atom. The molecule has 0 radical (unpaired) electrons. The molecule has 0 amide bonds. The lowest BCUT2D eigenvalue weighted by Gasteiger charge is -2.11. The van der Waals surface area contributed by atoms with E-state index in [2.05, 4.69) is 5.32 Å². The zero-order valence-electron chi connectivity index (χ0n) is 13.5. The summed E-state index contributed by atoms with van der Waals surface area (Å²) in [6.07, 6.45) is 1.39. The molecule has 1 aliphatic rings. The number of fused-ring (bicyclic) bond motifs is 1. The van der Waals surface area contributed by atoms with Crippen LogP contribution in [-0.2, 0) is 4.79 Å². The summed E-state index contributed by atoms with van der Waals surface area (Å²) in [5.41, 5.74) is 0.668. The molecule has 6 nitrogen and oxygen atoms in total. The number of rotatable bonds is 4. The van der Waals surface area contributed by atoms with E-state index in [4.69, 9.17) is 14.3 Å². The summed E-state index contributed by atoms with van der Waals surface area (Å²) in [4.78, 5) is 23.8. The van der Waals surface area contributed by atoms with Crippen LogP contribution in [0.3, 0.4) is 0 Å². The highest BCUT2D eigenvalue weighted by molar-refractivity contribution is 7.99. The second-order valence-electron chi connectivity index (χ2n) is 5.86. The standard InChI is InChI=1S/C19H15NO5S/c21-17-13-7-6-12(25-11-4-2-1-3-5-11)8-16(13)24-9-14(17)18-20-15(10-26-18)19(22)23/h1-9,15,18,20H,10H2,(H,22,23)/t15-,18?/m1/s1. The molecule has 1 aromatic heterocycles. The predicted molar refractivity (Wildman–Crippen MR) is 98.8 cm³/mol. The van der Waals surface area contributed by atoms with E-state index in [1.807, 2.05) is 30.3 Å². The van der Waals surface area contributed by atoms with Gasteiger partial charge in [0.05, 0.1) is 16.3 Å². The van der Waals surface area contributed by atoms with Crippen LogP contribution >= 0.6 is 11.8 Å². The second kappa shape index (κ2) is 6.86. The summed E-state index contributed by atoms with van der Waals surface area (Å²) in [7, 11) is 0. The summed E-state index contributed by atoms with van der Waals surface area (Å²) in [5.74, 6) is 0.741. The normalized spacial score (nSPS) is 19.5. The molecule has 2 atom stereocenters. The summed E-state index contributed by atoms with van der Waals surface area (Å²) >= 11 is 1.38. The van der Waals surface area contributed by atoms with Crippen molar-refractivity contribution in [1.82, 2.24) is 5.32 Å². The molecular formula is C19H15NO5S. The van der Waals surface area contributed by atoms with Gasteiger partial charge in [-0.3, -0.25) is 14.9 Å². The zero-order chi connectivity index (χ0) is 18.1. The first kappa shape index (κ1) is 16.7. The SMILES string of the molecule is O=C(O)[C@H]1CSC(c2coc3cc(Oc4ccccc4)ccc3c2=O)N1. The number of aliphatic carboxylic acids is 1. The fourth-order valence-electron chi connectivity index (χ4n) is 2.79. The van der Waals surface area contributed by atoms with Gasteiger partial charge in [0.1, 0.15) is 29.4 Å². The third kappa shape index (κ3) is 3.18. The van der Waals surface area contributed by atoms with Crippen molar-refractivity contribution in [2.24, 2.45) is 0 Å². The predicted octanol–water partition coefficient (Wildman–Crippen LogP) is 3.37. The Morgan fingerprint density at radius 2 is 2.00 bits per heavy atom. The van der Waals surface area contributed by atoms with Crippen LogP contribution in [0.2, 0.25) is 0 Å². The number of carbonyl (C=O) groups is 1. The zero-order valence-corrected chi connectivity index (χ0v) is 14.4. The molecule has 0 aliphatic carbocycles. The number of thioether (sulfide) groups is 1. The van der Waals surface area contributed by atoms with Crippen molar-refractivity contribution in [3.05, 3.63) is 70.6 Å². The van der Waals surface area contributed by atoms with E-state index in [9.17, 15) is 9.59 Å². The van der Waals surface area contributed by atoms with E-state index in [1.165, 1.54) is 18.0 Å². The quantitative estimate of drug-likeness (QED) is 0.729. The highest BCUT2D eigenvalue weighted by Gasteiger charge is 2.32. The summed E-state index contributed by atoms with van der Waals surface area (Å²) in [6.45, 7) is 0. The Hall–Kier alpha value is -2.77. The highest BCUT2D eigenvalue weighted by atomic mass is 32.2. The van der Waals surface area contributed by atoms with Crippen molar-refractivity contribution in [2.45, 2.75) is 11.4 Å². The molecule has 1 saturated heterocycles. The molecule has 2 N–H and O–H groups in total. The van der Waals surface area contributed by atoms with Gasteiger partial charge in [0.15, 0.2) is 5.43 Å². The molecule has 1 fully saturated rings. The Morgan fingerprint density at radius 1 is 1.19 bits per heavy atom. The molecule has 0 spiro atoms. The Balaban J connectivity index is 1.63. The molecule has 2 heterocycles. The maximum Gasteiger partial charge on any atom is 0.321 e. The van der Waals surface area contributed by atoms with Gasteiger partial charge in [-0.2, -0.15) is 0 Å². The van der Waals surface area contributed by atoms with Gasteiger partial charge in [-0.25, -0.2) is 0 Å². The minimum atomic E-state index is -0.923. The van der Waals surface area contributed by atoms with E-state index < -0.39 is 17.4 Å². The van der Waals surface area contributed by atoms with Crippen LogP contribution in [0.25, 0.3) is 11.0 Å². The second-order valence-corrected chi connectivity index (χ2v) is 7.00. The number of ether oxygens (including phenoxy) is 1. The van der Waals surface area contributed by atoms with Crippen molar-refractivity contribution >= 4 is 28.7 Å². The number of hydrogen-bond acceptors (Lipinski definition) is 6. The Bertz CT molecular complexity index is 1020. The maximum atomic E-state index is 12.8. The fourth-order valence-corrected chi connectivity index (χ4v) is 4.01. The van der Waals surface area contributed by atoms with Gasteiger partial charge in [-0.15, -0.1) is 11.8 Å². The highest BCUT2D eigenvalue weighted by Crippen LogP contribution is 2.32. The number of benzene rings is 2. The number of hydrogen-bond donors (Lipinski definition) is 2. The molecule has 2 aromatic carbocycles. The summed E-state index contributed by atoms with van der Waals surface area (Å²) in [6, 6.07) is 13.7. The van der Waals surface area contributed by atoms with Crippen LogP contribution in [0.5, 0.6) is 11.5 Å². The minimum Gasteiger partial charge on any atom is -0.480 e. The maximum absolute atomic E-state index is 12.8. The molecular weight excluding hydrogens is 354 g/mol. The van der Waals surface area contributed by atoms with Crippen molar-refractivity contribution in [2.75, 3.05) is 5.75 Å². The molecule has 1 unspecified atom stereocenters. The number of carboxylic acid groups (broad SMARTS) is 1. The van der Waals surface area contributed by atoms with E-state index in [1.54, 1.807) is 18.2 Å². The average molecular weight is 369 g/mol. The lowest BCUT2D eigenvalue weighted by atomic mass is 10.1. The van der Waals surface area contributed by atoms with Crippen LogP contribution < -0.4 is 15.5 Å². The molecule has 3 aromatic rings. The van der Waals surface area contributed by atoms with Gasteiger partial charge >= 0.3 is 5.97 Å². The first-order valence-electron chi connectivity index (χ1n) is 8.00. The molecule has 0 saturated carbocycles. The van der Waals surface area contributed by atoms with E-state index in [0.717, 1.165) is 0 Å². The molecule has 4 rings (SSSR count). The number of nitrogens with one attached hydrogen (secondary N) is 1. The van der Waals surface area contributed by atoms with Crippen molar-refractivity contribution in [3.8, 4) is 11.5 Å². The number of para-hydroxylation sites is 1. The van der Waals surface area contributed by atoms with Crippen molar-refractivity contribution in [1.29, 1.82) is 0 Å². The van der Waals surface area contributed by atoms with Crippen LogP contribution in [0.1, 0.15) is 10.9 Å². The lowest BCUT2D eigenvalue weighted by molar-refractivity contribution is -0.138. The van der Waals surface area contributed by atoms with Gasteiger partial charge in [0, 0.05) is 11.8 Å². The van der Waals surface area contributed by atoms with Crippen molar-refractivity contribution < 1.29 is 19.1 Å². The van der Waals surface area contributed by atoms with Gasteiger partial charge in [0.2, 0.25) is 0 Å². The summed E-state index contributed by atoms with van der Waals surface area (Å²) in [5, 5.41) is 12.1. The monoisotopic (exact) mass is 369 g/mol. The van der Waals surface area contributed by atoms with Crippen molar-refractivity contribution in [3.63, 3.8) is 0 Å². The average Bonchev–Trinajstić information content (AvgIpc) is 3.13. The van der Waals surface area contributed by atoms with Gasteiger partial charge in [-0.1, -0.05) is 18.2 Å². The summed E-state index contributed by atoms with van der Waals surface area (Å²) < 4.78 is 11.4. The molecule has 26 heavy (non-hydrogen) atoms. The number of carboxylic acids is 1. The van der Waals surface area contributed by atoms with Crippen LogP contribution in [-0.4, -0.2) is 22.9 Å². The smallest absolute Gasteiger partial charge is 0.321 e. The van der Waals surface area contributed by atoms with Gasteiger partial charge in [-0.05, 0) is 24.3 Å². The largest absolute Gasteiger partial charge is 0.480 e. The molecule has 132 valence electrons. The minimum absolute atomic E-state index is 0.173. The Labute approximate surface area is 152 Å². The Kier molecular flexibility index (Phi) is 4.40. The fraction of sp³-hybridized carbons (Fsp3) is 0.158. The van der Waals surface area contributed by atoms with E-state index in [0.29, 0.717) is 33.8 Å². The third-order valence-corrected chi connectivity index (χ3v) is 5.36. The molecule has 1 aliphatic heterocycles. The lowest BCUT2D eigenvalue weighted by Crippen LogP contribution is -2.34. The van der Waals surface area contributed by atoms with E-state index in [-0.39, 0.29) is 5.43 Å². The third-order valence-electron chi connectivity index (χ3n) is 4.11. The van der Waals surface area contributed by atoms with Gasteiger partial charge < -0.3 is 14.3 Å². The van der Waals surface area contributed by atoms with Crippen LogP contribution in [0.4, 0.5) is 0 Å². The van der Waals surface area contributed by atoms with E-state index >= 15 is 0 Å². The topological polar surface area (TPSA) is 88.8 Å². The first-order chi connectivity index (χ1) is 12.6. The van der Waals surface area contributed by atoms with Crippen LogP contribution in [0, 0.1) is 0 Å². The van der Waals surface area contributed by atoms with Gasteiger partial charge in [0.25, 0.3) is 0 Å².